The minimum Gasteiger partial charge on any atom is -0.489 e. The number of rotatable bonds is 9. The lowest BCUT2D eigenvalue weighted by Gasteiger charge is -2.27. The molecule has 2 aromatic rings. The van der Waals surface area contributed by atoms with Crippen LogP contribution in [0.1, 0.15) is 56.6 Å². The number of ether oxygens (including phenoxy) is 2. The topological polar surface area (TPSA) is 55.8 Å². The van der Waals surface area contributed by atoms with Crippen molar-refractivity contribution in [3.8, 4) is 16.9 Å². The Morgan fingerprint density at radius 3 is 2.42 bits per heavy atom. The summed E-state index contributed by atoms with van der Waals surface area (Å²) in [5.74, 6) is 1.80. The largest absolute Gasteiger partial charge is 0.489 e. The summed E-state index contributed by atoms with van der Waals surface area (Å²) < 4.78 is 11.3. The van der Waals surface area contributed by atoms with Crippen LogP contribution in [0.5, 0.6) is 5.75 Å². The molecule has 4 heteroatoms. The second-order valence-corrected chi connectivity index (χ2v) is 8.65. The molecule has 2 aromatic carbocycles. The van der Waals surface area contributed by atoms with Crippen LogP contribution in [-0.2, 0) is 16.0 Å². The van der Waals surface area contributed by atoms with E-state index in [1.165, 1.54) is 31.2 Å². The summed E-state index contributed by atoms with van der Waals surface area (Å²) in [6.45, 7) is 8.19. The Labute approximate surface area is 185 Å². The maximum absolute atomic E-state index is 11.6. The normalized spacial score (nSPS) is 18.4. The van der Waals surface area contributed by atoms with Crippen LogP contribution in [0.4, 0.5) is 0 Å². The van der Waals surface area contributed by atoms with Crippen LogP contribution in [-0.4, -0.2) is 30.9 Å². The third kappa shape index (κ3) is 6.44. The molecule has 4 nitrogen and oxygen atoms in total. The van der Waals surface area contributed by atoms with Gasteiger partial charge in [0.2, 0.25) is 0 Å². The van der Waals surface area contributed by atoms with E-state index in [1.807, 2.05) is 12.1 Å². The standard InChI is InChI=1S/C27H34O4/c1-19(2)27(29)31-17-16-30-26-18-24(22-8-4-20(3)5-9-22)12-13-25(26)23-10-6-21(7-11-23)14-15-28/h6-7,10-13,18,20,22,28H,1,4-5,8-9,14-17H2,2-3H3. The summed E-state index contributed by atoms with van der Waals surface area (Å²) in [5, 5.41) is 9.15. The van der Waals surface area contributed by atoms with Crippen molar-refractivity contribution in [3.63, 3.8) is 0 Å². The Hall–Kier alpha value is -2.59. The number of carbonyl (C=O) groups is 1. The molecule has 31 heavy (non-hydrogen) atoms. The summed E-state index contributed by atoms with van der Waals surface area (Å²) in [6, 6.07) is 14.8. The molecule has 1 N–H and O–H groups in total. The molecule has 1 fully saturated rings. The van der Waals surface area contributed by atoms with Gasteiger partial charge in [0, 0.05) is 17.7 Å². The lowest BCUT2D eigenvalue weighted by molar-refractivity contribution is -0.139. The first-order valence-corrected chi connectivity index (χ1v) is 11.3. The van der Waals surface area contributed by atoms with Gasteiger partial charge in [-0.25, -0.2) is 4.79 Å². The van der Waals surface area contributed by atoms with Crippen LogP contribution in [0.15, 0.2) is 54.6 Å². The van der Waals surface area contributed by atoms with Crippen molar-refractivity contribution in [3.05, 3.63) is 65.7 Å². The minimum absolute atomic E-state index is 0.144. The quantitative estimate of drug-likeness (QED) is 0.321. The zero-order chi connectivity index (χ0) is 22.2. The fourth-order valence-corrected chi connectivity index (χ4v) is 4.13. The Morgan fingerprint density at radius 1 is 1.06 bits per heavy atom. The lowest BCUT2D eigenvalue weighted by atomic mass is 9.79. The summed E-state index contributed by atoms with van der Waals surface area (Å²) in [6.07, 6.45) is 5.62. The monoisotopic (exact) mass is 422 g/mol. The molecule has 0 aliphatic heterocycles. The second kappa shape index (κ2) is 11.1. The van der Waals surface area contributed by atoms with Crippen molar-refractivity contribution in [2.75, 3.05) is 19.8 Å². The van der Waals surface area contributed by atoms with Gasteiger partial charge < -0.3 is 14.6 Å². The molecule has 166 valence electrons. The highest BCUT2D eigenvalue weighted by atomic mass is 16.6. The number of carbonyl (C=O) groups excluding carboxylic acids is 1. The van der Waals surface area contributed by atoms with Crippen molar-refractivity contribution in [2.45, 2.75) is 51.9 Å². The maximum Gasteiger partial charge on any atom is 0.333 e. The van der Waals surface area contributed by atoms with Gasteiger partial charge in [0.25, 0.3) is 0 Å². The van der Waals surface area contributed by atoms with E-state index in [4.69, 9.17) is 14.6 Å². The number of hydrogen-bond donors (Lipinski definition) is 1. The third-order valence-electron chi connectivity index (χ3n) is 6.08. The first-order valence-electron chi connectivity index (χ1n) is 11.3. The average Bonchev–Trinajstić information content (AvgIpc) is 2.78. The highest BCUT2D eigenvalue weighted by Gasteiger charge is 2.21. The zero-order valence-corrected chi connectivity index (χ0v) is 18.7. The van der Waals surface area contributed by atoms with Gasteiger partial charge in [-0.05, 0) is 60.8 Å². The molecule has 0 aromatic heterocycles. The van der Waals surface area contributed by atoms with Crippen molar-refractivity contribution >= 4 is 5.97 Å². The van der Waals surface area contributed by atoms with Gasteiger partial charge in [-0.1, -0.05) is 62.7 Å². The van der Waals surface area contributed by atoms with Crippen molar-refractivity contribution in [1.82, 2.24) is 0 Å². The molecule has 0 bridgehead atoms. The fourth-order valence-electron chi connectivity index (χ4n) is 4.13. The molecule has 0 unspecified atom stereocenters. The van der Waals surface area contributed by atoms with E-state index in [2.05, 4.69) is 43.8 Å². The van der Waals surface area contributed by atoms with Crippen LogP contribution in [0, 0.1) is 5.92 Å². The Kier molecular flexibility index (Phi) is 8.30. The Balaban J connectivity index is 1.79. The van der Waals surface area contributed by atoms with E-state index in [-0.39, 0.29) is 13.2 Å². The molecule has 0 saturated heterocycles. The predicted octanol–water partition coefficient (Wildman–Crippen LogP) is 5.68. The van der Waals surface area contributed by atoms with Crippen LogP contribution < -0.4 is 4.74 Å². The number of esters is 1. The molecule has 0 spiro atoms. The molecule has 0 amide bonds. The van der Waals surface area contributed by atoms with Crippen LogP contribution in [0.3, 0.4) is 0 Å². The average molecular weight is 423 g/mol. The minimum atomic E-state index is -0.395. The van der Waals surface area contributed by atoms with E-state index >= 15 is 0 Å². The van der Waals surface area contributed by atoms with E-state index < -0.39 is 5.97 Å². The number of aliphatic hydroxyl groups is 1. The van der Waals surface area contributed by atoms with Gasteiger partial charge in [0.05, 0.1) is 0 Å². The van der Waals surface area contributed by atoms with Crippen LogP contribution in [0.2, 0.25) is 0 Å². The third-order valence-corrected chi connectivity index (χ3v) is 6.08. The van der Waals surface area contributed by atoms with Gasteiger partial charge in [-0.3, -0.25) is 0 Å². The number of hydrogen-bond acceptors (Lipinski definition) is 4. The molecule has 0 radical (unpaired) electrons. The molecule has 3 rings (SSSR count). The van der Waals surface area contributed by atoms with E-state index in [0.29, 0.717) is 24.5 Å². The molecule has 1 saturated carbocycles. The van der Waals surface area contributed by atoms with Crippen LogP contribution in [0.25, 0.3) is 11.1 Å². The summed E-state index contributed by atoms with van der Waals surface area (Å²) >= 11 is 0. The smallest absolute Gasteiger partial charge is 0.333 e. The summed E-state index contributed by atoms with van der Waals surface area (Å²) in [7, 11) is 0. The first-order chi connectivity index (χ1) is 15.0. The van der Waals surface area contributed by atoms with E-state index in [9.17, 15) is 4.79 Å². The molecular weight excluding hydrogens is 388 g/mol. The highest BCUT2D eigenvalue weighted by molar-refractivity contribution is 5.86. The molecule has 1 aliphatic carbocycles. The molecular formula is C27H34O4. The summed E-state index contributed by atoms with van der Waals surface area (Å²) in [4.78, 5) is 11.6. The number of benzene rings is 2. The molecule has 0 atom stereocenters. The molecule has 0 heterocycles. The Bertz CT molecular complexity index is 877. The van der Waals surface area contributed by atoms with Gasteiger partial charge >= 0.3 is 5.97 Å². The lowest BCUT2D eigenvalue weighted by Crippen LogP contribution is -2.13. The predicted molar refractivity (Wildman–Crippen MR) is 124 cm³/mol. The van der Waals surface area contributed by atoms with Gasteiger partial charge in [0.1, 0.15) is 19.0 Å². The summed E-state index contributed by atoms with van der Waals surface area (Å²) in [5.41, 5.74) is 4.90. The Morgan fingerprint density at radius 2 is 1.77 bits per heavy atom. The van der Waals surface area contributed by atoms with E-state index in [0.717, 1.165) is 28.4 Å². The highest BCUT2D eigenvalue weighted by Crippen LogP contribution is 2.39. The zero-order valence-electron chi connectivity index (χ0n) is 18.7. The maximum atomic E-state index is 11.6. The van der Waals surface area contributed by atoms with Crippen molar-refractivity contribution in [2.24, 2.45) is 5.92 Å². The number of aliphatic hydroxyl groups excluding tert-OH is 1. The van der Waals surface area contributed by atoms with Gasteiger partial charge in [-0.15, -0.1) is 0 Å². The van der Waals surface area contributed by atoms with Gasteiger partial charge in [-0.2, -0.15) is 0 Å². The van der Waals surface area contributed by atoms with E-state index in [1.54, 1.807) is 6.92 Å². The van der Waals surface area contributed by atoms with Crippen LogP contribution >= 0.6 is 0 Å². The molecule has 1 aliphatic rings. The van der Waals surface area contributed by atoms with Crippen molar-refractivity contribution in [1.29, 1.82) is 0 Å². The van der Waals surface area contributed by atoms with Crippen molar-refractivity contribution < 1.29 is 19.4 Å². The fraction of sp³-hybridized carbons (Fsp3) is 0.444. The first kappa shape index (κ1) is 23.1. The SMILES string of the molecule is C=C(C)C(=O)OCCOc1cc(C2CCC(C)CC2)ccc1-c1ccc(CCO)cc1. The second-order valence-electron chi connectivity index (χ2n) is 8.65. The van der Waals surface area contributed by atoms with Gasteiger partial charge in [0.15, 0.2) is 0 Å².